The second-order valence-corrected chi connectivity index (χ2v) is 22.4. The number of nitrogens with zero attached hydrogens (tertiary/aromatic N) is 5. The van der Waals surface area contributed by atoms with Crippen molar-refractivity contribution in [3.05, 3.63) is 52.4 Å². The number of amides is 4. The molecule has 2 heterocycles. The third-order valence-electron chi connectivity index (χ3n) is 5.36. The van der Waals surface area contributed by atoms with Crippen molar-refractivity contribution < 1.29 is 44.4 Å². The van der Waals surface area contributed by atoms with Gasteiger partial charge in [-0.3, -0.25) is 37.3 Å². The fraction of sp³-hybridized carbons (Fsp3) is 0.684. The number of carbonyl (C=O) groups excluding carboxylic acids is 4. The number of likely N-dealkylation sites (tertiary alicyclic amines) is 1. The van der Waals surface area contributed by atoms with Crippen molar-refractivity contribution in [2.45, 2.75) is 167 Å². The molecule has 1 aromatic rings. The van der Waals surface area contributed by atoms with Crippen LogP contribution in [-0.4, -0.2) is 95.1 Å². The third-order valence-corrected chi connectivity index (χ3v) is 7.58. The highest BCUT2D eigenvalue weighted by Gasteiger charge is 2.36. The summed E-state index contributed by atoms with van der Waals surface area (Å²) in [5.74, 6) is -0.495. The highest BCUT2D eigenvalue weighted by molar-refractivity contribution is 14.1. The number of imide groups is 2. The lowest BCUT2D eigenvalue weighted by Crippen LogP contribution is -2.44. The summed E-state index contributed by atoms with van der Waals surface area (Å²) in [7, 11) is -6.80. The molecule has 0 N–H and O–H groups in total. The van der Waals surface area contributed by atoms with Gasteiger partial charge in [-0.1, -0.05) is 103 Å². The van der Waals surface area contributed by atoms with Crippen LogP contribution >= 0.6 is 38.5 Å². The van der Waals surface area contributed by atoms with E-state index >= 15 is 0 Å². The molecule has 2 aliphatic heterocycles. The van der Waals surface area contributed by atoms with Crippen LogP contribution in [0, 0.1) is 6.92 Å². The maximum Gasteiger partial charge on any atom is 0.297 e. The number of rotatable bonds is 7. The summed E-state index contributed by atoms with van der Waals surface area (Å²) in [6, 6.07) is 6.66. The number of carbonyl (C=O) groups is 4. The Labute approximate surface area is 365 Å². The summed E-state index contributed by atoms with van der Waals surface area (Å²) in [5.41, 5.74) is 8.37. The van der Waals surface area contributed by atoms with E-state index in [0.29, 0.717) is 17.7 Å². The minimum absolute atomic E-state index is 0.0324. The molecule has 0 aliphatic carbocycles. The number of alkyl halides is 2. The number of azide groups is 1. The van der Waals surface area contributed by atoms with Crippen LogP contribution in [0.5, 0.6) is 0 Å². The first kappa shape index (κ1) is 61.2. The van der Waals surface area contributed by atoms with Gasteiger partial charge in [-0.15, -0.1) is 0 Å². The van der Waals surface area contributed by atoms with Gasteiger partial charge in [0.2, 0.25) is 11.8 Å². The maximum atomic E-state index is 11.5. The molecule has 0 atom stereocenters. The topological polar surface area (TPSA) is 210 Å². The lowest BCUT2D eigenvalue weighted by Gasteiger charge is -2.29. The number of hydrogen-bond acceptors (Lipinski definition) is 11. The van der Waals surface area contributed by atoms with Crippen molar-refractivity contribution in [1.82, 2.24) is 9.80 Å². The van der Waals surface area contributed by atoms with Gasteiger partial charge < -0.3 is 0 Å². The highest BCUT2D eigenvalue weighted by atomic mass is 127. The quantitative estimate of drug-likeness (QED) is 0.0481. The number of benzene rings is 1. The Kier molecular flexibility index (Phi) is 32.9. The second-order valence-electron chi connectivity index (χ2n) is 14.9. The molecule has 0 aromatic heterocycles. The first-order valence-corrected chi connectivity index (χ1v) is 23.6. The van der Waals surface area contributed by atoms with E-state index in [1.807, 2.05) is 55.4 Å². The molecular weight excluding hydrogens is 957 g/mol. The van der Waals surface area contributed by atoms with Crippen LogP contribution < -0.4 is 0 Å². The predicted molar refractivity (Wildman–Crippen MR) is 240 cm³/mol. The first-order chi connectivity index (χ1) is 25.6. The summed E-state index contributed by atoms with van der Waals surface area (Å²) in [6.45, 7) is 30.0. The van der Waals surface area contributed by atoms with Gasteiger partial charge in [0, 0.05) is 56.3 Å². The van der Waals surface area contributed by atoms with Crippen molar-refractivity contribution in [3.63, 3.8) is 0 Å². The second kappa shape index (κ2) is 30.6. The molecule has 1 saturated heterocycles. The predicted octanol–water partition coefficient (Wildman–Crippen LogP) is 9.06. The van der Waals surface area contributed by atoms with Crippen molar-refractivity contribution in [1.29, 1.82) is 0 Å². The zero-order valence-electron chi connectivity index (χ0n) is 36.7. The zero-order valence-corrected chi connectivity index (χ0v) is 42.1. The summed E-state index contributed by atoms with van der Waals surface area (Å²) >= 11 is 5.61. The molecule has 3 rings (SSSR count). The summed E-state index contributed by atoms with van der Waals surface area (Å²) < 4.78 is 53.6. The normalized spacial score (nSPS) is 13.7. The largest absolute Gasteiger partial charge is 0.297 e. The third kappa shape index (κ3) is 36.4. The number of hydrogen-bond donors (Lipinski definition) is 0. The van der Waals surface area contributed by atoms with E-state index in [9.17, 15) is 36.0 Å². The Morgan fingerprint density at radius 2 is 1.12 bits per heavy atom. The van der Waals surface area contributed by atoms with Gasteiger partial charge in [-0.25, -0.2) is 0 Å². The molecule has 0 unspecified atom stereocenters. The van der Waals surface area contributed by atoms with Crippen LogP contribution in [0.25, 0.3) is 10.4 Å². The lowest BCUT2D eigenvalue weighted by atomic mass is 10.1. The van der Waals surface area contributed by atoms with Crippen LogP contribution in [0.1, 0.15) is 122 Å². The molecule has 1 aromatic carbocycles. The Hall–Kier alpha value is -2.42. The maximum absolute atomic E-state index is 11.5. The zero-order chi connectivity index (χ0) is 46.1. The van der Waals surface area contributed by atoms with E-state index in [1.165, 1.54) is 22.0 Å². The Morgan fingerprint density at radius 3 is 1.30 bits per heavy atom. The lowest BCUT2D eigenvalue weighted by molar-refractivity contribution is -0.144. The first-order valence-electron chi connectivity index (χ1n) is 18.2. The molecule has 1 fully saturated rings. The smallest absolute Gasteiger partial charge is 0.277 e. The molecule has 0 spiro atoms. The average Bonchev–Trinajstić information content (AvgIpc) is 3.51. The van der Waals surface area contributed by atoms with E-state index < -0.39 is 20.2 Å². The summed E-state index contributed by atoms with van der Waals surface area (Å²) in [5, 5.41) is 3.31. The van der Waals surface area contributed by atoms with Crippen molar-refractivity contribution in [2.75, 3.05) is 6.26 Å². The Bertz CT molecular complexity index is 1610. The molecule has 19 heteroatoms. The van der Waals surface area contributed by atoms with Crippen molar-refractivity contribution in [3.8, 4) is 0 Å². The number of aryl methyl sites for hydroxylation is 1. The van der Waals surface area contributed by atoms with Gasteiger partial charge >= 0.3 is 0 Å². The fourth-order valence-electron chi connectivity index (χ4n) is 3.71. The minimum Gasteiger partial charge on any atom is -0.277 e. The van der Waals surface area contributed by atoms with Gasteiger partial charge in [0.1, 0.15) is 0 Å². The number of halogens is 2. The van der Waals surface area contributed by atoms with E-state index in [1.54, 1.807) is 52.0 Å². The molecule has 15 nitrogen and oxygen atoms in total. The van der Waals surface area contributed by atoms with E-state index in [-0.39, 0.29) is 58.4 Å². The molecule has 2 aliphatic rings. The standard InChI is InChI=1S/C10H14O3S.C8H13NO2.C7H9NO2.C4H10O3S.C3H7Br.C3H7I.C3H7N3/c1-8(2)13-14(11,12)10-6-4-9(3)5-7-10;1-8(2,3)9-6(10)4-5-7(9)11;1-5(2)8-6(9)3-4-7(8)10;1-4(2)7-8(3,5)6;2*1-3(2)4;1-3(2)5-6-4/h4-8H,1-3H3;4-5H2,1-3H3;3-5H,1-2H3;4H,1-3H3;2*3H,1-2H3;3H,1-2H3. The molecule has 330 valence electrons. The molecule has 0 saturated carbocycles. The van der Waals surface area contributed by atoms with Crippen molar-refractivity contribution >= 4 is 82.4 Å². The molecule has 57 heavy (non-hydrogen) atoms. The van der Waals surface area contributed by atoms with E-state index in [2.05, 4.69) is 80.4 Å². The van der Waals surface area contributed by atoms with Crippen LogP contribution in [0.4, 0.5) is 0 Å². The van der Waals surface area contributed by atoms with Crippen LogP contribution in [0.15, 0.2) is 46.4 Å². The van der Waals surface area contributed by atoms with Crippen LogP contribution in [0.2, 0.25) is 0 Å². The molecule has 0 radical (unpaired) electrons. The average molecular weight is 1020 g/mol. The molecular formula is C38H67BrIN5O10S2. The van der Waals surface area contributed by atoms with Gasteiger partial charge in [-0.2, -0.15) is 16.8 Å². The van der Waals surface area contributed by atoms with Gasteiger partial charge in [0.05, 0.1) is 23.4 Å². The van der Waals surface area contributed by atoms with Crippen LogP contribution in [-0.2, 0) is 47.8 Å². The SMILES string of the molecule is CC(C)(C)N1C(=O)CCC1=O.CC(C)Br.CC(C)I.CC(C)N1C(=O)C=CC1=O.CC(C)N=[N+]=[N-].CC(C)OS(C)(=O)=O.Cc1ccc(S(=O)(=O)OC(C)C)cc1. The van der Waals surface area contributed by atoms with Crippen molar-refractivity contribution in [2.24, 2.45) is 5.11 Å². The monoisotopic (exact) mass is 1020 g/mol. The Morgan fingerprint density at radius 1 is 0.772 bits per heavy atom. The highest BCUT2D eigenvalue weighted by Crippen LogP contribution is 2.22. The molecule has 0 bridgehead atoms. The Balaban J connectivity index is -0.000000300. The van der Waals surface area contributed by atoms with E-state index in [0.717, 1.165) is 15.7 Å². The summed E-state index contributed by atoms with van der Waals surface area (Å²) in [4.78, 5) is 49.9. The van der Waals surface area contributed by atoms with Gasteiger partial charge in [0.15, 0.2) is 0 Å². The summed E-state index contributed by atoms with van der Waals surface area (Å²) in [6.07, 6.45) is 3.82. The van der Waals surface area contributed by atoms with Crippen LogP contribution in [0.3, 0.4) is 0 Å². The minimum atomic E-state index is -3.58. The van der Waals surface area contributed by atoms with Gasteiger partial charge in [0.25, 0.3) is 32.1 Å². The molecule has 4 amide bonds. The van der Waals surface area contributed by atoms with E-state index in [4.69, 9.17) is 9.71 Å². The van der Waals surface area contributed by atoms with Gasteiger partial charge in [-0.05, 0) is 86.9 Å². The fourth-order valence-corrected chi connectivity index (χ4v) is 5.50.